The Morgan fingerprint density at radius 1 is 1.08 bits per heavy atom. The van der Waals surface area contributed by atoms with Gasteiger partial charge in [0.05, 0.1) is 7.11 Å². The maximum atomic E-state index is 5.89. The predicted molar refractivity (Wildman–Crippen MR) is 112 cm³/mol. The van der Waals surface area contributed by atoms with E-state index in [0.29, 0.717) is 6.54 Å². The second kappa shape index (κ2) is 11.1. The van der Waals surface area contributed by atoms with Crippen molar-refractivity contribution in [1.29, 1.82) is 0 Å². The molecule has 6 heteroatoms. The minimum absolute atomic E-state index is 0. The standard InChI is InChI=1S/C18H22ClN3O.HI/c1-20-18(22-13-14-7-9-16(19)10-8-14)21-12-11-15-5-3-4-6-17(15)23-2;/h3-10H,11-13H2,1-2H3,(H2,20,21,22);1H. The Morgan fingerprint density at radius 2 is 1.79 bits per heavy atom. The van der Waals surface area contributed by atoms with Crippen LogP contribution in [0.5, 0.6) is 5.75 Å². The van der Waals surface area contributed by atoms with Crippen molar-refractivity contribution in [2.45, 2.75) is 13.0 Å². The molecule has 0 atom stereocenters. The van der Waals surface area contributed by atoms with E-state index in [-0.39, 0.29) is 24.0 Å². The van der Waals surface area contributed by atoms with E-state index in [4.69, 9.17) is 16.3 Å². The topological polar surface area (TPSA) is 45.7 Å². The molecule has 0 radical (unpaired) electrons. The molecule has 2 rings (SSSR count). The number of rotatable bonds is 6. The fourth-order valence-corrected chi connectivity index (χ4v) is 2.36. The van der Waals surface area contributed by atoms with E-state index >= 15 is 0 Å². The van der Waals surface area contributed by atoms with Crippen LogP contribution in [0.25, 0.3) is 0 Å². The molecule has 2 N–H and O–H groups in total. The number of nitrogens with one attached hydrogen (secondary N) is 2. The molecule has 2 aromatic carbocycles. The summed E-state index contributed by atoms with van der Waals surface area (Å²) >= 11 is 5.89. The summed E-state index contributed by atoms with van der Waals surface area (Å²) in [6, 6.07) is 15.8. The Morgan fingerprint density at radius 3 is 2.46 bits per heavy atom. The SMILES string of the molecule is CN=C(NCCc1ccccc1OC)NCc1ccc(Cl)cc1.I. The number of benzene rings is 2. The zero-order valence-electron chi connectivity index (χ0n) is 13.9. The van der Waals surface area contributed by atoms with Gasteiger partial charge in [-0.15, -0.1) is 24.0 Å². The van der Waals surface area contributed by atoms with E-state index in [2.05, 4.69) is 21.7 Å². The fraction of sp³-hybridized carbons (Fsp3) is 0.278. The molecule has 0 saturated carbocycles. The van der Waals surface area contributed by atoms with Crippen LogP contribution in [0.15, 0.2) is 53.5 Å². The zero-order chi connectivity index (χ0) is 16.5. The first-order chi connectivity index (χ1) is 11.2. The molecule has 0 aromatic heterocycles. The number of hydrogen-bond acceptors (Lipinski definition) is 2. The summed E-state index contributed by atoms with van der Waals surface area (Å²) in [5.74, 6) is 1.69. The number of halogens is 2. The monoisotopic (exact) mass is 459 g/mol. The van der Waals surface area contributed by atoms with Crippen LogP contribution in [0.1, 0.15) is 11.1 Å². The van der Waals surface area contributed by atoms with Crippen LogP contribution >= 0.6 is 35.6 Å². The van der Waals surface area contributed by atoms with Gasteiger partial charge in [-0.3, -0.25) is 4.99 Å². The lowest BCUT2D eigenvalue weighted by Gasteiger charge is -2.13. The Hall–Kier alpha value is -1.47. The summed E-state index contributed by atoms with van der Waals surface area (Å²) in [4.78, 5) is 4.23. The number of para-hydroxylation sites is 1. The first-order valence-corrected chi connectivity index (χ1v) is 7.91. The Balaban J connectivity index is 0.00000288. The molecular formula is C18H23ClIN3O. The van der Waals surface area contributed by atoms with E-state index < -0.39 is 0 Å². The van der Waals surface area contributed by atoms with Crippen LogP contribution in [0, 0.1) is 0 Å². The zero-order valence-corrected chi connectivity index (χ0v) is 17.0. The molecule has 130 valence electrons. The van der Waals surface area contributed by atoms with Gasteiger partial charge in [-0.1, -0.05) is 41.9 Å². The average Bonchev–Trinajstić information content (AvgIpc) is 2.59. The first-order valence-electron chi connectivity index (χ1n) is 7.54. The number of guanidine groups is 1. The van der Waals surface area contributed by atoms with Crippen molar-refractivity contribution in [2.75, 3.05) is 20.7 Å². The van der Waals surface area contributed by atoms with Gasteiger partial charge in [0, 0.05) is 25.2 Å². The molecule has 0 spiro atoms. The normalized spacial score (nSPS) is 10.7. The molecular weight excluding hydrogens is 437 g/mol. The summed E-state index contributed by atoms with van der Waals surface area (Å²) in [5.41, 5.74) is 2.33. The van der Waals surface area contributed by atoms with Crippen molar-refractivity contribution in [3.63, 3.8) is 0 Å². The van der Waals surface area contributed by atoms with Crippen LogP contribution in [0.2, 0.25) is 5.02 Å². The molecule has 0 aliphatic rings. The van der Waals surface area contributed by atoms with Gasteiger partial charge in [0.2, 0.25) is 0 Å². The third kappa shape index (κ3) is 6.57. The highest BCUT2D eigenvalue weighted by Gasteiger charge is 2.03. The molecule has 0 fully saturated rings. The lowest BCUT2D eigenvalue weighted by Crippen LogP contribution is -2.37. The quantitative estimate of drug-likeness (QED) is 0.392. The first kappa shape index (κ1) is 20.6. The lowest BCUT2D eigenvalue weighted by molar-refractivity contribution is 0.409. The van der Waals surface area contributed by atoms with Gasteiger partial charge in [-0.25, -0.2) is 0 Å². The number of methoxy groups -OCH3 is 1. The van der Waals surface area contributed by atoms with E-state index in [1.165, 1.54) is 5.56 Å². The minimum Gasteiger partial charge on any atom is -0.496 e. The van der Waals surface area contributed by atoms with E-state index in [1.807, 2.05) is 42.5 Å². The second-order valence-electron chi connectivity index (χ2n) is 5.04. The van der Waals surface area contributed by atoms with Crippen molar-refractivity contribution in [3.05, 3.63) is 64.7 Å². The molecule has 0 unspecified atom stereocenters. The summed E-state index contributed by atoms with van der Waals surface area (Å²) in [5, 5.41) is 7.34. The summed E-state index contributed by atoms with van der Waals surface area (Å²) in [7, 11) is 3.46. The van der Waals surface area contributed by atoms with Gasteiger partial charge in [-0.2, -0.15) is 0 Å². The number of aliphatic imine (C=N–C) groups is 1. The fourth-order valence-electron chi connectivity index (χ4n) is 2.23. The molecule has 0 saturated heterocycles. The van der Waals surface area contributed by atoms with Crippen molar-refractivity contribution in [3.8, 4) is 5.75 Å². The lowest BCUT2D eigenvalue weighted by atomic mass is 10.1. The van der Waals surface area contributed by atoms with Gasteiger partial charge in [-0.05, 0) is 35.7 Å². The molecule has 4 nitrogen and oxygen atoms in total. The van der Waals surface area contributed by atoms with Crippen LogP contribution in [-0.2, 0) is 13.0 Å². The summed E-state index contributed by atoms with van der Waals surface area (Å²) in [6.07, 6.45) is 0.867. The van der Waals surface area contributed by atoms with Crippen LogP contribution < -0.4 is 15.4 Å². The molecule has 0 heterocycles. The third-order valence-corrected chi connectivity index (χ3v) is 3.73. The van der Waals surface area contributed by atoms with Crippen molar-refractivity contribution in [1.82, 2.24) is 10.6 Å². The Labute approximate surface area is 165 Å². The highest BCUT2D eigenvalue weighted by atomic mass is 127. The smallest absolute Gasteiger partial charge is 0.191 e. The molecule has 0 aliphatic heterocycles. The Bertz CT molecular complexity index is 647. The van der Waals surface area contributed by atoms with Gasteiger partial charge < -0.3 is 15.4 Å². The van der Waals surface area contributed by atoms with Gasteiger partial charge >= 0.3 is 0 Å². The van der Waals surface area contributed by atoms with Crippen LogP contribution in [-0.4, -0.2) is 26.7 Å². The van der Waals surface area contributed by atoms with Crippen molar-refractivity contribution < 1.29 is 4.74 Å². The molecule has 24 heavy (non-hydrogen) atoms. The van der Waals surface area contributed by atoms with Gasteiger partial charge in [0.15, 0.2) is 5.96 Å². The van der Waals surface area contributed by atoms with E-state index in [0.717, 1.165) is 35.3 Å². The highest BCUT2D eigenvalue weighted by molar-refractivity contribution is 14.0. The average molecular weight is 460 g/mol. The van der Waals surface area contributed by atoms with E-state index in [1.54, 1.807) is 14.2 Å². The molecule has 0 aliphatic carbocycles. The maximum Gasteiger partial charge on any atom is 0.191 e. The van der Waals surface area contributed by atoms with Crippen molar-refractivity contribution in [2.24, 2.45) is 4.99 Å². The van der Waals surface area contributed by atoms with Crippen LogP contribution in [0.4, 0.5) is 0 Å². The third-order valence-electron chi connectivity index (χ3n) is 3.48. The molecule has 0 amide bonds. The van der Waals surface area contributed by atoms with Gasteiger partial charge in [0.25, 0.3) is 0 Å². The van der Waals surface area contributed by atoms with Gasteiger partial charge in [0.1, 0.15) is 5.75 Å². The van der Waals surface area contributed by atoms with E-state index in [9.17, 15) is 0 Å². The second-order valence-corrected chi connectivity index (χ2v) is 5.48. The van der Waals surface area contributed by atoms with Crippen molar-refractivity contribution >= 4 is 41.5 Å². The molecule has 2 aromatic rings. The number of nitrogens with zero attached hydrogens (tertiary/aromatic N) is 1. The highest BCUT2D eigenvalue weighted by Crippen LogP contribution is 2.17. The minimum atomic E-state index is 0. The van der Waals surface area contributed by atoms with Crippen LogP contribution in [0.3, 0.4) is 0 Å². The predicted octanol–water partition coefficient (Wildman–Crippen LogP) is 3.87. The summed E-state index contributed by atoms with van der Waals surface area (Å²) < 4.78 is 5.36. The maximum absolute atomic E-state index is 5.89. The Kier molecular flexibility index (Phi) is 9.56. The number of hydrogen-bond donors (Lipinski definition) is 2. The summed E-state index contributed by atoms with van der Waals surface area (Å²) in [6.45, 7) is 1.48. The molecule has 0 bridgehead atoms. The number of ether oxygens (including phenoxy) is 1. The largest absolute Gasteiger partial charge is 0.496 e.